The number of fused-ring (bicyclic) bond motifs is 1. The molecular formula is C28H28ClFN4O. The normalized spacial score (nSPS) is 14.9. The van der Waals surface area contributed by atoms with Gasteiger partial charge in [0, 0.05) is 37.5 Å². The summed E-state index contributed by atoms with van der Waals surface area (Å²) in [5.41, 5.74) is 2.80. The van der Waals surface area contributed by atoms with Gasteiger partial charge in [0.2, 0.25) is 5.91 Å². The average Bonchev–Trinajstić information content (AvgIpc) is 3.27. The number of benzene rings is 3. The molecule has 4 aromatic rings. The topological polar surface area (TPSA) is 41.4 Å². The monoisotopic (exact) mass is 490 g/mol. The molecule has 0 aliphatic carbocycles. The molecule has 5 nitrogen and oxygen atoms in total. The number of para-hydroxylation sites is 1. The minimum absolute atomic E-state index is 0.0379. The summed E-state index contributed by atoms with van der Waals surface area (Å²) in [5, 5.41) is 5.82. The molecule has 7 heteroatoms. The molecule has 5 rings (SSSR count). The van der Waals surface area contributed by atoms with E-state index in [0.29, 0.717) is 17.9 Å². The van der Waals surface area contributed by atoms with Crippen molar-refractivity contribution in [2.24, 2.45) is 0 Å². The van der Waals surface area contributed by atoms with Gasteiger partial charge in [-0.25, -0.2) is 9.07 Å². The van der Waals surface area contributed by atoms with Gasteiger partial charge in [-0.1, -0.05) is 61.0 Å². The third kappa shape index (κ3) is 4.81. The molecule has 1 saturated heterocycles. The fourth-order valence-corrected chi connectivity index (χ4v) is 5.06. The Bertz CT molecular complexity index is 1330. The minimum Gasteiger partial charge on any atom is -0.299 e. The van der Waals surface area contributed by atoms with Crippen LogP contribution in [0.1, 0.15) is 31.7 Å². The number of carbonyl (C=O) groups is 1. The summed E-state index contributed by atoms with van der Waals surface area (Å²) in [6.07, 6.45) is 2.15. The summed E-state index contributed by atoms with van der Waals surface area (Å²) in [7, 11) is 0. The van der Waals surface area contributed by atoms with Crippen molar-refractivity contribution in [1.29, 1.82) is 0 Å². The van der Waals surface area contributed by atoms with E-state index in [1.165, 1.54) is 11.6 Å². The number of halogens is 2. The Morgan fingerprint density at radius 1 is 1.06 bits per heavy atom. The quantitative estimate of drug-likeness (QED) is 0.322. The highest BCUT2D eigenvalue weighted by molar-refractivity contribution is 6.30. The van der Waals surface area contributed by atoms with Crippen molar-refractivity contribution >= 4 is 34.2 Å². The number of aromatic nitrogens is 2. The number of hydrogen-bond acceptors (Lipinski definition) is 3. The molecule has 0 saturated carbocycles. The van der Waals surface area contributed by atoms with Crippen molar-refractivity contribution in [3.8, 4) is 5.69 Å². The fourth-order valence-electron chi connectivity index (χ4n) is 4.88. The van der Waals surface area contributed by atoms with Gasteiger partial charge in [0.05, 0.1) is 16.2 Å². The number of rotatable bonds is 6. The van der Waals surface area contributed by atoms with Gasteiger partial charge < -0.3 is 0 Å². The Morgan fingerprint density at radius 3 is 2.49 bits per heavy atom. The van der Waals surface area contributed by atoms with Crippen LogP contribution in [0.15, 0.2) is 72.8 Å². The summed E-state index contributed by atoms with van der Waals surface area (Å²) < 4.78 is 15.6. The fraction of sp³-hybridized carbons (Fsp3) is 0.286. The van der Waals surface area contributed by atoms with Crippen LogP contribution in [-0.2, 0) is 11.3 Å². The second kappa shape index (κ2) is 10.2. The van der Waals surface area contributed by atoms with Gasteiger partial charge in [-0.3, -0.25) is 14.6 Å². The lowest BCUT2D eigenvalue weighted by atomic mass is 10.0. The van der Waals surface area contributed by atoms with Crippen molar-refractivity contribution in [3.05, 3.63) is 89.2 Å². The lowest BCUT2D eigenvalue weighted by Crippen LogP contribution is -2.47. The summed E-state index contributed by atoms with van der Waals surface area (Å²) in [6.45, 7) is 4.63. The van der Waals surface area contributed by atoms with Gasteiger partial charge in [0.25, 0.3) is 0 Å². The molecule has 1 aliphatic rings. The van der Waals surface area contributed by atoms with E-state index in [4.69, 9.17) is 16.7 Å². The van der Waals surface area contributed by atoms with Crippen molar-refractivity contribution in [3.63, 3.8) is 0 Å². The molecule has 0 bridgehead atoms. The number of hydrogen-bond donors (Lipinski definition) is 0. The third-order valence-electron chi connectivity index (χ3n) is 6.69. The molecule has 1 aliphatic heterocycles. The van der Waals surface area contributed by atoms with E-state index in [1.54, 1.807) is 16.8 Å². The molecule has 2 heterocycles. The van der Waals surface area contributed by atoms with Crippen LogP contribution in [0.3, 0.4) is 0 Å². The third-order valence-corrected chi connectivity index (χ3v) is 6.98. The van der Waals surface area contributed by atoms with Crippen LogP contribution in [0.25, 0.3) is 16.6 Å². The predicted molar refractivity (Wildman–Crippen MR) is 139 cm³/mol. The van der Waals surface area contributed by atoms with E-state index < -0.39 is 5.82 Å². The van der Waals surface area contributed by atoms with E-state index in [0.717, 1.165) is 43.4 Å². The molecule has 180 valence electrons. The molecular weight excluding hydrogens is 463 g/mol. The maximum Gasteiger partial charge on any atom is 0.228 e. The first-order chi connectivity index (χ1) is 17.0. The first-order valence-corrected chi connectivity index (χ1v) is 12.4. The lowest BCUT2D eigenvalue weighted by molar-refractivity contribution is -0.119. The molecule has 35 heavy (non-hydrogen) atoms. The van der Waals surface area contributed by atoms with E-state index >= 15 is 0 Å². The number of piperidine rings is 1. The summed E-state index contributed by atoms with van der Waals surface area (Å²) >= 11 is 6.07. The Labute approximate surface area is 209 Å². The summed E-state index contributed by atoms with van der Waals surface area (Å²) in [6, 6.07) is 22.9. The highest BCUT2D eigenvalue weighted by atomic mass is 35.5. The molecule has 1 fully saturated rings. The van der Waals surface area contributed by atoms with Crippen molar-refractivity contribution in [1.82, 2.24) is 14.7 Å². The van der Waals surface area contributed by atoms with Crippen molar-refractivity contribution < 1.29 is 9.18 Å². The van der Waals surface area contributed by atoms with Crippen LogP contribution < -0.4 is 4.90 Å². The second-order valence-corrected chi connectivity index (χ2v) is 9.37. The van der Waals surface area contributed by atoms with Gasteiger partial charge in [-0.2, -0.15) is 0 Å². The zero-order chi connectivity index (χ0) is 24.4. The average molecular weight is 491 g/mol. The first kappa shape index (κ1) is 23.5. The standard InChI is InChI=1S/C28H28ClFN4O/c1-2-27(35)33(21-14-16-32(17-15-21)19-20-8-4-3-5-9-20)28-23-10-6-7-11-26(23)34(31-28)22-12-13-25(30)24(29)18-22/h3-13,18,21H,2,14-17,19H2,1H3. The Kier molecular flexibility index (Phi) is 6.84. The number of amides is 1. The number of anilines is 1. The van der Waals surface area contributed by atoms with Gasteiger partial charge in [0.1, 0.15) is 5.82 Å². The maximum atomic E-state index is 13.8. The molecule has 0 unspecified atom stereocenters. The summed E-state index contributed by atoms with van der Waals surface area (Å²) in [4.78, 5) is 17.6. The van der Waals surface area contributed by atoms with Crippen LogP contribution in [0.2, 0.25) is 5.02 Å². The van der Waals surface area contributed by atoms with Crippen molar-refractivity contribution in [2.45, 2.75) is 38.8 Å². The molecule has 0 atom stereocenters. The number of carbonyl (C=O) groups excluding carboxylic acids is 1. The molecule has 0 spiro atoms. The van der Waals surface area contributed by atoms with Crippen LogP contribution in [-0.4, -0.2) is 39.7 Å². The van der Waals surface area contributed by atoms with Crippen LogP contribution >= 0.6 is 11.6 Å². The first-order valence-electron chi connectivity index (χ1n) is 12.1. The highest BCUT2D eigenvalue weighted by Crippen LogP contribution is 2.33. The van der Waals surface area contributed by atoms with Gasteiger partial charge >= 0.3 is 0 Å². The SMILES string of the molecule is CCC(=O)N(c1nn(-c2ccc(F)c(Cl)c2)c2ccccc12)C1CCN(Cc2ccccc2)CC1. The summed E-state index contributed by atoms with van der Waals surface area (Å²) in [5.74, 6) is 0.227. The number of likely N-dealkylation sites (tertiary alicyclic amines) is 1. The van der Waals surface area contributed by atoms with E-state index in [-0.39, 0.29) is 17.0 Å². The van der Waals surface area contributed by atoms with Gasteiger partial charge in [-0.05, 0) is 48.7 Å². The van der Waals surface area contributed by atoms with E-state index in [9.17, 15) is 9.18 Å². The Balaban J connectivity index is 1.46. The number of nitrogens with zero attached hydrogens (tertiary/aromatic N) is 4. The zero-order valence-electron chi connectivity index (χ0n) is 19.7. The zero-order valence-corrected chi connectivity index (χ0v) is 20.5. The van der Waals surface area contributed by atoms with Crippen LogP contribution in [0.5, 0.6) is 0 Å². The molecule has 1 amide bonds. The van der Waals surface area contributed by atoms with E-state index in [2.05, 4.69) is 29.2 Å². The van der Waals surface area contributed by atoms with Crippen LogP contribution in [0, 0.1) is 5.82 Å². The Hall–Kier alpha value is -3.22. The van der Waals surface area contributed by atoms with E-state index in [1.807, 2.05) is 42.2 Å². The Morgan fingerprint density at radius 2 is 1.77 bits per heavy atom. The van der Waals surface area contributed by atoms with Gasteiger partial charge in [-0.15, -0.1) is 5.10 Å². The molecule has 0 radical (unpaired) electrons. The molecule has 1 aromatic heterocycles. The minimum atomic E-state index is -0.475. The largest absolute Gasteiger partial charge is 0.299 e. The van der Waals surface area contributed by atoms with Crippen LogP contribution in [0.4, 0.5) is 10.2 Å². The highest BCUT2D eigenvalue weighted by Gasteiger charge is 2.31. The van der Waals surface area contributed by atoms with Gasteiger partial charge in [0.15, 0.2) is 5.82 Å². The lowest BCUT2D eigenvalue weighted by Gasteiger charge is -2.37. The molecule has 0 N–H and O–H groups in total. The predicted octanol–water partition coefficient (Wildman–Crippen LogP) is 6.23. The van der Waals surface area contributed by atoms with Crippen molar-refractivity contribution in [2.75, 3.05) is 18.0 Å². The molecule has 3 aromatic carbocycles. The second-order valence-electron chi connectivity index (χ2n) is 8.96. The maximum absolute atomic E-state index is 13.8. The smallest absolute Gasteiger partial charge is 0.228 e.